The Balaban J connectivity index is 1.32. The van der Waals surface area contributed by atoms with E-state index in [4.69, 9.17) is 28.4 Å². The Morgan fingerprint density at radius 3 is 0.954 bits per heavy atom. The number of carbonyl (C=O) groups excluding carboxylic acids is 1. The van der Waals surface area contributed by atoms with Gasteiger partial charge in [-0.2, -0.15) is 0 Å². The standard InChI is InChI=1S/C89H167NO18/c1-3-5-7-9-11-13-15-17-19-21-23-25-27-29-31-33-35-36-37-39-41-43-45-47-49-51-53-55-57-59-61-63-65-67-77(95)90-72(73(94)66-64-62-60-58-56-54-52-50-48-46-44-42-40-38-34-32-30-28-26-24-22-20-18-16-14-12-10-8-6-4-2)71-103-87-83(101)80(98)85(75(69-92)105-87)108-89-84(102)81(99)86(76(70-93)106-89)107-88-82(100)79(97)78(96)74(68-91)104-88/h15,17,21,23,27,29,72-76,78-89,91-94,96-102H,3-14,16,18-20,22,24-26,28,30-71H2,1-2H3,(H,90,95)/b17-15-,23-21-,29-27-. The summed E-state index contributed by atoms with van der Waals surface area (Å²) < 4.78 is 34.6. The molecular formula is C89H167NO18. The van der Waals surface area contributed by atoms with Crippen LogP contribution in [-0.4, -0.2) is 193 Å². The van der Waals surface area contributed by atoms with E-state index in [1.54, 1.807) is 0 Å². The molecule has 0 saturated carbocycles. The maximum absolute atomic E-state index is 13.5. The van der Waals surface area contributed by atoms with Gasteiger partial charge in [-0.05, 0) is 51.4 Å². The number of hydrogen-bond donors (Lipinski definition) is 12. The second-order valence-corrected chi connectivity index (χ2v) is 32.4. The van der Waals surface area contributed by atoms with Crippen LogP contribution in [0.5, 0.6) is 0 Å². The van der Waals surface area contributed by atoms with Crippen molar-refractivity contribution < 1.29 is 89.4 Å². The molecule has 0 aromatic carbocycles. The first-order valence-electron chi connectivity index (χ1n) is 45.2. The van der Waals surface area contributed by atoms with Gasteiger partial charge in [0.2, 0.25) is 5.91 Å². The zero-order valence-corrected chi connectivity index (χ0v) is 68.6. The molecule has 0 radical (unpaired) electrons. The van der Waals surface area contributed by atoms with E-state index in [-0.39, 0.29) is 18.9 Å². The molecule has 0 aromatic rings. The lowest BCUT2D eigenvalue weighted by atomic mass is 9.96. The molecule has 3 fully saturated rings. The van der Waals surface area contributed by atoms with E-state index in [1.807, 2.05) is 0 Å². The van der Waals surface area contributed by atoms with Crippen molar-refractivity contribution in [3.63, 3.8) is 0 Å². The lowest BCUT2D eigenvalue weighted by Gasteiger charge is -2.48. The van der Waals surface area contributed by atoms with Gasteiger partial charge in [-0.1, -0.05) is 371 Å². The predicted molar refractivity (Wildman–Crippen MR) is 434 cm³/mol. The van der Waals surface area contributed by atoms with Crippen LogP contribution in [0.15, 0.2) is 36.5 Å². The van der Waals surface area contributed by atoms with E-state index >= 15 is 0 Å². The van der Waals surface area contributed by atoms with Crippen molar-refractivity contribution in [1.82, 2.24) is 5.32 Å². The summed E-state index contributed by atoms with van der Waals surface area (Å²) in [6.07, 6.45) is 61.1. The summed E-state index contributed by atoms with van der Waals surface area (Å²) in [7, 11) is 0. The van der Waals surface area contributed by atoms with Crippen LogP contribution < -0.4 is 5.32 Å². The number of aliphatic hydroxyl groups excluding tert-OH is 11. The van der Waals surface area contributed by atoms with Crippen molar-refractivity contribution in [3.8, 4) is 0 Å². The first-order chi connectivity index (χ1) is 52.8. The van der Waals surface area contributed by atoms with E-state index in [0.29, 0.717) is 12.8 Å². The number of hydrogen-bond acceptors (Lipinski definition) is 18. The number of aliphatic hydroxyl groups is 11. The Bertz CT molecular complexity index is 2090. The number of carbonyl (C=O) groups is 1. The van der Waals surface area contributed by atoms with Crippen LogP contribution in [-0.2, 0) is 33.2 Å². The smallest absolute Gasteiger partial charge is 0.220 e. The molecule has 17 unspecified atom stereocenters. The topological polar surface area (TPSA) is 307 Å². The van der Waals surface area contributed by atoms with Gasteiger partial charge in [-0.15, -0.1) is 0 Å². The maximum Gasteiger partial charge on any atom is 0.220 e. The quantitative estimate of drug-likeness (QED) is 0.0199. The van der Waals surface area contributed by atoms with Gasteiger partial charge >= 0.3 is 0 Å². The van der Waals surface area contributed by atoms with E-state index in [0.717, 1.165) is 57.8 Å². The number of amides is 1. The molecule has 3 heterocycles. The fourth-order valence-electron chi connectivity index (χ4n) is 15.5. The van der Waals surface area contributed by atoms with Gasteiger partial charge in [0.1, 0.15) is 73.2 Å². The molecule has 3 saturated heterocycles. The van der Waals surface area contributed by atoms with Crippen molar-refractivity contribution in [1.29, 1.82) is 0 Å². The lowest BCUT2D eigenvalue weighted by Crippen LogP contribution is -2.66. The number of ether oxygens (including phenoxy) is 6. The zero-order chi connectivity index (χ0) is 78.1. The SMILES string of the molecule is CCCCCCC/C=C\C/C=C\C/C=C\CCCCCCCCCCCCCCCCCCCCC(=O)NC(COC1OC(CO)C(OC2OC(CO)C(OC3OC(CO)C(O)C(O)C3O)C(O)C2O)C(O)C1O)C(O)CCCCCCCCCCCCCCCCCCCCCCCCCCCCCCCC. The molecule has 1 amide bonds. The van der Waals surface area contributed by atoms with Crippen molar-refractivity contribution in [2.24, 2.45) is 0 Å². The van der Waals surface area contributed by atoms with Gasteiger partial charge in [0.25, 0.3) is 0 Å². The number of allylic oxidation sites excluding steroid dienone is 6. The number of unbranched alkanes of at least 4 members (excludes halogenated alkanes) is 52. The highest BCUT2D eigenvalue weighted by molar-refractivity contribution is 5.76. The normalized spacial score (nSPS) is 25.5. The molecule has 3 rings (SSSR count). The minimum atomic E-state index is -1.97. The Hall–Kier alpha value is -1.99. The van der Waals surface area contributed by atoms with Gasteiger partial charge in [0.15, 0.2) is 18.9 Å². The average Bonchev–Trinajstić information content (AvgIpc) is 0.779. The minimum Gasteiger partial charge on any atom is -0.394 e. The first-order valence-corrected chi connectivity index (χ1v) is 45.2. The second-order valence-electron chi connectivity index (χ2n) is 32.4. The zero-order valence-electron chi connectivity index (χ0n) is 68.6. The molecule has 19 nitrogen and oxygen atoms in total. The van der Waals surface area contributed by atoms with Crippen molar-refractivity contribution in [2.75, 3.05) is 26.4 Å². The van der Waals surface area contributed by atoms with E-state index in [2.05, 4.69) is 55.6 Å². The van der Waals surface area contributed by atoms with E-state index in [1.165, 1.54) is 302 Å². The third-order valence-corrected chi connectivity index (χ3v) is 22.7. The Morgan fingerprint density at radius 2 is 0.611 bits per heavy atom. The Labute approximate surface area is 657 Å². The summed E-state index contributed by atoms with van der Waals surface area (Å²) in [5, 5.41) is 121. The van der Waals surface area contributed by atoms with Crippen molar-refractivity contribution in [2.45, 2.75) is 497 Å². The summed E-state index contributed by atoms with van der Waals surface area (Å²) in [6, 6.07) is -0.889. The molecule has 0 bridgehead atoms. The fraction of sp³-hybridized carbons (Fsp3) is 0.921. The first kappa shape index (κ1) is 100. The van der Waals surface area contributed by atoms with Gasteiger partial charge in [-0.25, -0.2) is 0 Å². The highest BCUT2D eigenvalue weighted by Gasteiger charge is 2.54. The molecule has 12 N–H and O–H groups in total. The molecular weight excluding hydrogens is 1370 g/mol. The van der Waals surface area contributed by atoms with Gasteiger partial charge in [0, 0.05) is 6.42 Å². The lowest BCUT2D eigenvalue weighted by molar-refractivity contribution is -0.379. The molecule has 636 valence electrons. The summed E-state index contributed by atoms with van der Waals surface area (Å²) in [4.78, 5) is 13.5. The minimum absolute atomic E-state index is 0.235. The molecule has 17 atom stereocenters. The van der Waals surface area contributed by atoms with Crippen molar-refractivity contribution >= 4 is 5.91 Å². The highest BCUT2D eigenvalue weighted by Crippen LogP contribution is 2.34. The third-order valence-electron chi connectivity index (χ3n) is 22.7. The monoisotopic (exact) mass is 1540 g/mol. The highest BCUT2D eigenvalue weighted by atomic mass is 16.8. The van der Waals surface area contributed by atoms with Crippen LogP contribution in [0.1, 0.15) is 393 Å². The molecule has 0 aliphatic carbocycles. The van der Waals surface area contributed by atoms with Crippen LogP contribution in [0.25, 0.3) is 0 Å². The second kappa shape index (κ2) is 69.3. The summed E-state index contributed by atoms with van der Waals surface area (Å²) >= 11 is 0. The fourth-order valence-corrected chi connectivity index (χ4v) is 15.5. The van der Waals surface area contributed by atoms with Gasteiger partial charge < -0.3 is 89.9 Å². The van der Waals surface area contributed by atoms with E-state index in [9.17, 15) is 61.0 Å². The van der Waals surface area contributed by atoms with Crippen molar-refractivity contribution in [3.05, 3.63) is 36.5 Å². The molecule has 0 aromatic heterocycles. The van der Waals surface area contributed by atoms with Crippen LogP contribution >= 0.6 is 0 Å². The number of rotatable bonds is 74. The third kappa shape index (κ3) is 47.8. The number of nitrogens with one attached hydrogen (secondary N) is 1. The summed E-state index contributed by atoms with van der Waals surface area (Å²) in [5.41, 5.74) is 0. The molecule has 3 aliphatic rings. The van der Waals surface area contributed by atoms with Gasteiger partial charge in [-0.3, -0.25) is 4.79 Å². The van der Waals surface area contributed by atoms with Crippen LogP contribution in [0.2, 0.25) is 0 Å². The molecule has 0 spiro atoms. The molecule has 19 heteroatoms. The Kier molecular flexibility index (Phi) is 64.3. The molecule has 3 aliphatic heterocycles. The van der Waals surface area contributed by atoms with Crippen LogP contribution in [0, 0.1) is 0 Å². The summed E-state index contributed by atoms with van der Waals surface area (Å²) in [6.45, 7) is 1.86. The maximum atomic E-state index is 13.5. The molecule has 108 heavy (non-hydrogen) atoms. The van der Waals surface area contributed by atoms with Gasteiger partial charge in [0.05, 0.1) is 38.6 Å². The Morgan fingerprint density at radius 1 is 0.333 bits per heavy atom. The van der Waals surface area contributed by atoms with Crippen LogP contribution in [0.3, 0.4) is 0 Å². The predicted octanol–water partition coefficient (Wildman–Crippen LogP) is 17.0. The largest absolute Gasteiger partial charge is 0.394 e. The van der Waals surface area contributed by atoms with Crippen LogP contribution in [0.4, 0.5) is 0 Å². The average molecular weight is 1540 g/mol. The van der Waals surface area contributed by atoms with E-state index < -0.39 is 124 Å². The summed E-state index contributed by atoms with van der Waals surface area (Å²) in [5.74, 6) is -0.235.